The molecule has 0 saturated heterocycles. The van der Waals surface area contributed by atoms with Crippen molar-refractivity contribution in [3.63, 3.8) is 0 Å². The van der Waals surface area contributed by atoms with Gasteiger partial charge in [-0.1, -0.05) is 4.49 Å². The number of aromatic nitrogens is 5. The molecule has 2 N–H and O–H groups in total. The van der Waals surface area contributed by atoms with Crippen LogP contribution in [0.2, 0.25) is 0 Å². The molecule has 0 aliphatic heterocycles. The lowest BCUT2D eigenvalue weighted by Crippen LogP contribution is -2.19. The Balaban J connectivity index is 2.68. The van der Waals surface area contributed by atoms with Crippen LogP contribution in [0.4, 0.5) is 0 Å². The minimum atomic E-state index is -3.90. The maximum Gasteiger partial charge on any atom is 0.273 e. The summed E-state index contributed by atoms with van der Waals surface area (Å²) in [6, 6.07) is -0.143. The Labute approximate surface area is 102 Å². The fraction of sp³-hybridized carbons (Fsp3) is 0.429. The highest BCUT2D eigenvalue weighted by molar-refractivity contribution is 7.89. The van der Waals surface area contributed by atoms with Crippen molar-refractivity contribution in [1.29, 1.82) is 0 Å². The average molecular weight is 274 g/mol. The third kappa shape index (κ3) is 2.18. The van der Waals surface area contributed by atoms with E-state index in [9.17, 15) is 8.42 Å². The molecule has 0 spiro atoms. The summed E-state index contributed by atoms with van der Waals surface area (Å²) in [5, 5.41) is 16.0. The normalized spacial score (nSPS) is 12.2. The van der Waals surface area contributed by atoms with E-state index < -0.39 is 10.0 Å². The monoisotopic (exact) mass is 274 g/mol. The topological polar surface area (TPSA) is 117 Å². The predicted octanol–water partition coefficient (Wildman–Crippen LogP) is 0.0249. The second-order valence-corrected chi connectivity index (χ2v) is 5.84. The lowest BCUT2D eigenvalue weighted by atomic mass is 10.3. The molecule has 0 bridgehead atoms. The maximum absolute atomic E-state index is 11.4. The zero-order valence-electron chi connectivity index (χ0n) is 9.10. The van der Waals surface area contributed by atoms with E-state index in [1.165, 1.54) is 10.8 Å². The zero-order chi connectivity index (χ0) is 12.6. The second kappa shape index (κ2) is 4.13. The van der Waals surface area contributed by atoms with Crippen LogP contribution in [0.5, 0.6) is 0 Å². The van der Waals surface area contributed by atoms with Gasteiger partial charge in [-0.2, -0.15) is 0 Å². The quantitative estimate of drug-likeness (QED) is 0.843. The molecule has 0 aliphatic rings. The van der Waals surface area contributed by atoms with Crippen molar-refractivity contribution in [1.82, 2.24) is 24.4 Å². The van der Waals surface area contributed by atoms with Gasteiger partial charge in [-0.05, 0) is 25.4 Å². The summed E-state index contributed by atoms with van der Waals surface area (Å²) in [4.78, 5) is 0.640. The van der Waals surface area contributed by atoms with Crippen molar-refractivity contribution in [2.45, 2.75) is 25.0 Å². The number of hydrogen-bond donors (Lipinski definition) is 1. The van der Waals surface area contributed by atoms with Gasteiger partial charge in [0.2, 0.25) is 0 Å². The van der Waals surface area contributed by atoms with Gasteiger partial charge >= 0.3 is 0 Å². The smallest absolute Gasteiger partial charge is 0.273 e. The van der Waals surface area contributed by atoms with Gasteiger partial charge in [0, 0.05) is 6.04 Å². The Bertz CT molecular complexity index is 615. The molecule has 2 aromatic heterocycles. The number of rotatable bonds is 3. The highest BCUT2D eigenvalue weighted by Crippen LogP contribution is 2.25. The summed E-state index contributed by atoms with van der Waals surface area (Å²) >= 11 is 1.11. The molecule has 10 heteroatoms. The Kier molecular flexibility index (Phi) is 2.93. The third-order valence-corrected chi connectivity index (χ3v) is 3.47. The van der Waals surface area contributed by atoms with E-state index in [1.807, 2.05) is 13.8 Å². The van der Waals surface area contributed by atoms with Crippen LogP contribution in [0.3, 0.4) is 0 Å². The molecule has 2 rings (SSSR count). The van der Waals surface area contributed by atoms with E-state index in [2.05, 4.69) is 19.8 Å². The Morgan fingerprint density at radius 1 is 1.41 bits per heavy atom. The van der Waals surface area contributed by atoms with Crippen LogP contribution in [0.1, 0.15) is 19.9 Å². The first-order chi connectivity index (χ1) is 7.91. The summed E-state index contributed by atoms with van der Waals surface area (Å²) in [7, 11) is -3.90. The minimum absolute atomic E-state index is 0.143. The summed E-state index contributed by atoms with van der Waals surface area (Å²) in [6.45, 7) is 3.63. The van der Waals surface area contributed by atoms with E-state index in [-0.39, 0.29) is 11.2 Å². The van der Waals surface area contributed by atoms with Gasteiger partial charge in [0.25, 0.3) is 15.2 Å². The third-order valence-electron chi connectivity index (χ3n) is 2.02. The Morgan fingerprint density at radius 2 is 2.12 bits per heavy atom. The van der Waals surface area contributed by atoms with Gasteiger partial charge < -0.3 is 0 Å². The molecular weight excluding hydrogens is 264 g/mol. The Hall–Kier alpha value is -1.39. The molecule has 92 valence electrons. The molecule has 0 radical (unpaired) electrons. The number of hydrogen-bond acceptors (Lipinski definition) is 7. The maximum atomic E-state index is 11.4. The van der Waals surface area contributed by atoms with Crippen LogP contribution in [0.15, 0.2) is 11.4 Å². The molecule has 8 nitrogen and oxygen atoms in total. The number of nitrogens with zero attached hydrogens (tertiary/aromatic N) is 5. The molecule has 2 heterocycles. The predicted molar refractivity (Wildman–Crippen MR) is 60.7 cm³/mol. The standard InChI is InChI=1S/C7H10N6O2S2/c1-4(2)13-6(5-3-9-12-16-5)10-11-7(13)17(8,14)15/h3-4H,1-2H3,(H2,8,14,15). The van der Waals surface area contributed by atoms with E-state index in [4.69, 9.17) is 5.14 Å². The molecule has 0 aromatic carbocycles. The molecule has 0 fully saturated rings. The van der Waals surface area contributed by atoms with Crippen molar-refractivity contribution in [3.8, 4) is 10.7 Å². The fourth-order valence-electron chi connectivity index (χ4n) is 1.37. The van der Waals surface area contributed by atoms with Gasteiger partial charge in [0.15, 0.2) is 5.82 Å². The van der Waals surface area contributed by atoms with E-state index >= 15 is 0 Å². The summed E-state index contributed by atoms with van der Waals surface area (Å²) in [6.07, 6.45) is 1.50. The molecule has 0 atom stereocenters. The fourth-order valence-corrected chi connectivity index (χ4v) is 2.59. The van der Waals surface area contributed by atoms with Gasteiger partial charge in [-0.3, -0.25) is 4.57 Å². The van der Waals surface area contributed by atoms with Crippen molar-refractivity contribution < 1.29 is 8.42 Å². The molecule has 0 amide bonds. The SMILES string of the molecule is CC(C)n1c(-c2cnns2)nnc1S(N)(=O)=O. The first-order valence-corrected chi connectivity index (χ1v) is 6.98. The summed E-state index contributed by atoms with van der Waals surface area (Å²) in [5.41, 5.74) is 0. The lowest BCUT2D eigenvalue weighted by Gasteiger charge is -2.11. The first kappa shape index (κ1) is 12.1. The Morgan fingerprint density at radius 3 is 2.59 bits per heavy atom. The van der Waals surface area contributed by atoms with E-state index in [1.54, 1.807) is 0 Å². The van der Waals surface area contributed by atoms with Crippen LogP contribution >= 0.6 is 11.5 Å². The molecular formula is C7H10N6O2S2. The van der Waals surface area contributed by atoms with Gasteiger partial charge in [0.1, 0.15) is 4.88 Å². The minimum Gasteiger partial charge on any atom is -0.293 e. The number of sulfonamides is 1. The molecule has 0 unspecified atom stereocenters. The average Bonchev–Trinajstić information content (AvgIpc) is 2.84. The highest BCUT2D eigenvalue weighted by Gasteiger charge is 2.24. The van der Waals surface area contributed by atoms with Gasteiger partial charge in [-0.15, -0.1) is 15.3 Å². The second-order valence-electron chi connectivity index (χ2n) is 3.60. The van der Waals surface area contributed by atoms with Crippen molar-refractivity contribution >= 4 is 21.6 Å². The number of primary sulfonamides is 1. The van der Waals surface area contributed by atoms with Crippen molar-refractivity contribution in [3.05, 3.63) is 6.20 Å². The van der Waals surface area contributed by atoms with Gasteiger partial charge in [-0.25, -0.2) is 13.6 Å². The summed E-state index contributed by atoms with van der Waals surface area (Å²) < 4.78 is 27.9. The van der Waals surface area contributed by atoms with Crippen LogP contribution < -0.4 is 5.14 Å². The number of nitrogens with two attached hydrogens (primary N) is 1. The van der Waals surface area contributed by atoms with Crippen molar-refractivity contribution in [2.75, 3.05) is 0 Å². The molecule has 2 aromatic rings. The lowest BCUT2D eigenvalue weighted by molar-refractivity contribution is 0.525. The molecule has 0 saturated carbocycles. The van der Waals surface area contributed by atoms with E-state index in [0.717, 1.165) is 11.5 Å². The largest absolute Gasteiger partial charge is 0.293 e. The van der Waals surface area contributed by atoms with Crippen LogP contribution in [0, 0.1) is 0 Å². The molecule has 0 aliphatic carbocycles. The molecule has 17 heavy (non-hydrogen) atoms. The van der Waals surface area contributed by atoms with E-state index in [0.29, 0.717) is 10.7 Å². The zero-order valence-corrected chi connectivity index (χ0v) is 10.7. The first-order valence-electron chi connectivity index (χ1n) is 4.66. The van der Waals surface area contributed by atoms with Crippen LogP contribution in [-0.2, 0) is 10.0 Å². The summed E-state index contributed by atoms with van der Waals surface area (Å²) in [5.74, 6) is 0.402. The van der Waals surface area contributed by atoms with Crippen LogP contribution in [-0.4, -0.2) is 32.8 Å². The highest BCUT2D eigenvalue weighted by atomic mass is 32.2. The van der Waals surface area contributed by atoms with Gasteiger partial charge in [0.05, 0.1) is 6.20 Å². The van der Waals surface area contributed by atoms with Crippen molar-refractivity contribution in [2.24, 2.45) is 5.14 Å². The van der Waals surface area contributed by atoms with Crippen LogP contribution in [0.25, 0.3) is 10.7 Å².